The molecule has 0 radical (unpaired) electrons. The zero-order chi connectivity index (χ0) is 33.5. The minimum Gasteiger partial charge on any atom is -0.569 e. The number of likely N-dealkylation sites (N-methyl/N-ethyl adjacent to an activating group) is 1. The zero-order valence-corrected chi connectivity index (χ0v) is 25.9. The third-order valence-corrected chi connectivity index (χ3v) is 7.74. The average molecular weight is 655 g/mol. The minimum absolute atomic E-state index is 0.0402. The number of hydrogen-bond acceptors (Lipinski definition) is 9. The van der Waals surface area contributed by atoms with Crippen LogP contribution in [0.25, 0.3) is 16.9 Å². The van der Waals surface area contributed by atoms with Crippen LogP contribution in [-0.4, -0.2) is 59.9 Å². The first-order valence-corrected chi connectivity index (χ1v) is 15.1. The molecule has 45 heavy (non-hydrogen) atoms. The molecule has 0 unspecified atom stereocenters. The van der Waals surface area contributed by atoms with Crippen molar-refractivity contribution in [3.8, 4) is 16.9 Å². The van der Waals surface area contributed by atoms with Crippen molar-refractivity contribution in [3.63, 3.8) is 0 Å². The lowest BCUT2D eigenvalue weighted by molar-refractivity contribution is -0.711. The first-order valence-electron chi connectivity index (χ1n) is 13.6. The molecule has 0 aliphatic carbocycles. The summed E-state index contributed by atoms with van der Waals surface area (Å²) in [4.78, 5) is 28.5. The number of carbonyl (C=O) groups excluding carboxylic acids is 2. The number of hydrogen-bond donors (Lipinski definition) is 1. The SMILES string of the molecule is CCC(=O)OCO/N=[N+](\[O-])N(C)[C@@H](CC(C)C)C(=O)NS(=O)(=O)c1ccc(-n2nc(C(F)(F)F)cc2-c2ccc(C)cc2)cc1. The summed E-state index contributed by atoms with van der Waals surface area (Å²) in [5, 5.41) is 20.1. The fourth-order valence-corrected chi connectivity index (χ4v) is 5.01. The van der Waals surface area contributed by atoms with Crippen molar-refractivity contribution >= 4 is 21.9 Å². The number of aryl methyl sites for hydroxylation is 1. The van der Waals surface area contributed by atoms with E-state index in [2.05, 4.69) is 20.0 Å². The highest BCUT2D eigenvalue weighted by atomic mass is 32.2. The number of benzene rings is 2. The van der Waals surface area contributed by atoms with E-state index in [-0.39, 0.29) is 40.0 Å². The van der Waals surface area contributed by atoms with E-state index < -0.39 is 46.6 Å². The Bertz CT molecular complexity index is 1620. The summed E-state index contributed by atoms with van der Waals surface area (Å²) in [6, 6.07) is 11.1. The number of carbonyl (C=O) groups is 2. The molecule has 1 atom stereocenters. The molecule has 1 N–H and O–H groups in total. The highest BCUT2D eigenvalue weighted by Crippen LogP contribution is 2.33. The molecule has 2 aromatic carbocycles. The Morgan fingerprint density at radius 1 is 1.13 bits per heavy atom. The van der Waals surface area contributed by atoms with Crippen LogP contribution < -0.4 is 4.72 Å². The molecule has 0 bridgehead atoms. The summed E-state index contributed by atoms with van der Waals surface area (Å²) < 4.78 is 74.5. The van der Waals surface area contributed by atoms with Crippen LogP contribution in [0.5, 0.6) is 0 Å². The molecule has 0 saturated carbocycles. The van der Waals surface area contributed by atoms with Crippen LogP contribution in [0.3, 0.4) is 0 Å². The molecule has 244 valence electrons. The molecule has 1 heterocycles. The van der Waals surface area contributed by atoms with Crippen LogP contribution >= 0.6 is 0 Å². The van der Waals surface area contributed by atoms with Gasteiger partial charge < -0.3 is 14.8 Å². The van der Waals surface area contributed by atoms with Crippen LogP contribution in [0.2, 0.25) is 0 Å². The number of nitrogens with zero attached hydrogens (tertiary/aromatic N) is 5. The number of rotatable bonds is 13. The van der Waals surface area contributed by atoms with E-state index in [0.29, 0.717) is 5.56 Å². The highest BCUT2D eigenvalue weighted by molar-refractivity contribution is 7.90. The number of aromatic nitrogens is 2. The fraction of sp³-hybridized carbons (Fsp3) is 0.393. The molecular formula is C28H33F3N6O7S. The van der Waals surface area contributed by atoms with Gasteiger partial charge >= 0.3 is 12.1 Å². The van der Waals surface area contributed by atoms with E-state index in [4.69, 9.17) is 0 Å². The number of amides is 1. The number of ether oxygens (including phenoxy) is 1. The predicted molar refractivity (Wildman–Crippen MR) is 153 cm³/mol. The van der Waals surface area contributed by atoms with E-state index in [1.165, 1.54) is 19.2 Å². The van der Waals surface area contributed by atoms with E-state index in [0.717, 1.165) is 33.5 Å². The Morgan fingerprint density at radius 2 is 1.76 bits per heavy atom. The maximum Gasteiger partial charge on any atom is 0.435 e. The molecule has 1 amide bonds. The number of hydrazine groups is 1. The molecule has 0 saturated heterocycles. The Hall–Kier alpha value is -4.67. The molecule has 0 spiro atoms. The van der Waals surface area contributed by atoms with Gasteiger partial charge in [-0.3, -0.25) is 9.59 Å². The van der Waals surface area contributed by atoms with Gasteiger partial charge in [0.1, 0.15) is 0 Å². The molecule has 3 rings (SSSR count). The van der Waals surface area contributed by atoms with Gasteiger partial charge in [0, 0.05) is 12.0 Å². The van der Waals surface area contributed by atoms with Crippen LogP contribution in [0.1, 0.15) is 44.9 Å². The molecule has 3 aromatic rings. The average Bonchev–Trinajstić information content (AvgIpc) is 3.44. The molecule has 0 fully saturated rings. The van der Waals surface area contributed by atoms with Crippen LogP contribution in [0, 0.1) is 18.0 Å². The van der Waals surface area contributed by atoms with Gasteiger partial charge in [-0.25, -0.2) is 17.8 Å². The number of sulfonamides is 1. The maximum absolute atomic E-state index is 13.5. The number of nitrogens with one attached hydrogen (secondary N) is 1. The van der Waals surface area contributed by atoms with Gasteiger partial charge in [-0.2, -0.15) is 18.3 Å². The van der Waals surface area contributed by atoms with E-state index in [1.54, 1.807) is 45.0 Å². The van der Waals surface area contributed by atoms with Crippen molar-refractivity contribution in [1.82, 2.24) is 19.5 Å². The largest absolute Gasteiger partial charge is 0.569 e. The van der Waals surface area contributed by atoms with Gasteiger partial charge in [0.25, 0.3) is 22.7 Å². The first-order chi connectivity index (χ1) is 21.0. The minimum atomic E-state index is -4.72. The Labute approximate surface area is 257 Å². The number of esters is 1. The lowest BCUT2D eigenvalue weighted by Gasteiger charge is -2.24. The quantitative estimate of drug-likeness (QED) is 0.0686. The van der Waals surface area contributed by atoms with Crippen molar-refractivity contribution in [3.05, 3.63) is 71.1 Å². The highest BCUT2D eigenvalue weighted by Gasteiger charge is 2.36. The second kappa shape index (κ2) is 14.4. The second-order valence-corrected chi connectivity index (χ2v) is 12.0. The predicted octanol–water partition coefficient (Wildman–Crippen LogP) is 4.74. The summed E-state index contributed by atoms with van der Waals surface area (Å²) >= 11 is 0. The van der Waals surface area contributed by atoms with E-state index in [9.17, 15) is 36.4 Å². The topological polar surface area (TPSA) is 158 Å². The third kappa shape index (κ3) is 9.17. The fourth-order valence-electron chi connectivity index (χ4n) is 3.99. The normalized spacial score (nSPS) is 13.0. The molecule has 0 aliphatic rings. The molecule has 13 nitrogen and oxygen atoms in total. The smallest absolute Gasteiger partial charge is 0.435 e. The lowest BCUT2D eigenvalue weighted by atomic mass is 10.0. The monoisotopic (exact) mass is 654 g/mol. The zero-order valence-electron chi connectivity index (χ0n) is 25.1. The van der Waals surface area contributed by atoms with Crippen LogP contribution in [0.15, 0.2) is 64.8 Å². The van der Waals surface area contributed by atoms with E-state index >= 15 is 0 Å². The van der Waals surface area contributed by atoms with Gasteiger partial charge in [0.15, 0.2) is 11.7 Å². The summed E-state index contributed by atoms with van der Waals surface area (Å²) in [6.07, 6.45) is -4.60. The van der Waals surface area contributed by atoms with Gasteiger partial charge in [-0.05, 0) is 49.6 Å². The van der Waals surface area contributed by atoms with Crippen molar-refractivity contribution in [2.24, 2.45) is 11.2 Å². The summed E-state index contributed by atoms with van der Waals surface area (Å²) in [5.74, 6) is -1.80. The van der Waals surface area contributed by atoms with Crippen molar-refractivity contribution in [2.45, 2.75) is 57.7 Å². The number of halogens is 3. The lowest BCUT2D eigenvalue weighted by Crippen LogP contribution is -2.49. The van der Waals surface area contributed by atoms with Crippen molar-refractivity contribution in [1.29, 1.82) is 0 Å². The van der Waals surface area contributed by atoms with Crippen molar-refractivity contribution < 1.29 is 45.7 Å². The first kappa shape index (κ1) is 34.8. The third-order valence-electron chi connectivity index (χ3n) is 6.38. The van der Waals surface area contributed by atoms with Gasteiger partial charge in [-0.15, -0.1) is 5.01 Å². The second-order valence-electron chi connectivity index (χ2n) is 10.3. The Balaban J connectivity index is 1.84. The molecular weight excluding hydrogens is 621 g/mol. The van der Waals surface area contributed by atoms with Crippen LogP contribution in [0.4, 0.5) is 13.2 Å². The van der Waals surface area contributed by atoms with Gasteiger partial charge in [0.05, 0.1) is 28.3 Å². The molecule has 17 heteroatoms. The summed E-state index contributed by atoms with van der Waals surface area (Å²) in [5.41, 5.74) is 0.496. The van der Waals surface area contributed by atoms with Crippen LogP contribution in [-0.2, 0) is 35.4 Å². The number of alkyl halides is 3. The Kier molecular flexibility index (Phi) is 11.1. The molecule has 1 aromatic heterocycles. The Morgan fingerprint density at radius 3 is 2.31 bits per heavy atom. The molecule has 0 aliphatic heterocycles. The van der Waals surface area contributed by atoms with E-state index in [1.807, 2.05) is 11.6 Å². The summed E-state index contributed by atoms with van der Waals surface area (Å²) in [7, 11) is -3.30. The van der Waals surface area contributed by atoms with Gasteiger partial charge in [-0.1, -0.05) is 50.6 Å². The van der Waals surface area contributed by atoms with Gasteiger partial charge in [0.2, 0.25) is 5.28 Å². The van der Waals surface area contributed by atoms with Crippen molar-refractivity contribution in [2.75, 3.05) is 13.8 Å². The standard InChI is InChI=1S/C28H33F3N6O7S/c1-6-26(38)43-17-44-34-37(40)35(5)24(15-18(2)3)27(39)33-45(41,42)22-13-11-21(12-14-22)36-23(16-25(32-36)28(29,30)31)20-9-7-19(4)8-10-20/h7-14,16,18,24H,6,15,17H2,1-5H3,(H,33,39)/b37-34-/t24-/m0/s1. The summed E-state index contributed by atoms with van der Waals surface area (Å²) in [6.45, 7) is 6.24. The maximum atomic E-state index is 13.5.